The van der Waals surface area contributed by atoms with Crippen molar-refractivity contribution in [3.05, 3.63) is 11.2 Å². The Morgan fingerprint density at radius 2 is 2.47 bits per heavy atom. The van der Waals surface area contributed by atoms with Gasteiger partial charge in [0.05, 0.1) is 10.4 Å². The minimum absolute atomic E-state index is 0.285. The fourth-order valence-corrected chi connectivity index (χ4v) is 2.48. The van der Waals surface area contributed by atoms with Crippen LogP contribution in [0.1, 0.15) is 9.80 Å². The maximum atomic E-state index is 10.8. The molecule has 0 aliphatic heterocycles. The third kappa shape index (κ3) is 2.13. The second kappa shape index (κ2) is 3.95. The third-order valence-corrected chi connectivity index (χ3v) is 3.61. The van der Waals surface area contributed by atoms with Gasteiger partial charge in [0, 0.05) is 7.05 Å². The zero-order valence-corrected chi connectivity index (χ0v) is 9.25. The van der Waals surface area contributed by atoms with E-state index in [1.807, 2.05) is 0 Å². The first-order valence-electron chi connectivity index (χ1n) is 3.82. The Morgan fingerprint density at radius 3 is 3.00 bits per heavy atom. The van der Waals surface area contributed by atoms with Gasteiger partial charge >= 0.3 is 0 Å². The van der Waals surface area contributed by atoms with Gasteiger partial charge < -0.3 is 5.73 Å². The minimum Gasteiger partial charge on any atom is -0.364 e. The second-order valence-electron chi connectivity index (χ2n) is 2.54. The van der Waals surface area contributed by atoms with Crippen LogP contribution in [0.4, 0.5) is 0 Å². The van der Waals surface area contributed by atoms with Gasteiger partial charge in [0.25, 0.3) is 5.91 Å². The summed E-state index contributed by atoms with van der Waals surface area (Å²) < 4.78 is 2.36. The highest BCUT2D eigenvalue weighted by atomic mass is 32.2. The average molecular weight is 242 g/mol. The van der Waals surface area contributed by atoms with Gasteiger partial charge in [0.2, 0.25) is 5.16 Å². The molecule has 2 aromatic rings. The molecule has 0 spiro atoms. The molecule has 0 saturated heterocycles. The van der Waals surface area contributed by atoms with Crippen LogP contribution in [0.3, 0.4) is 0 Å². The number of aromatic nitrogens is 5. The topological polar surface area (TPSA) is 99.6 Å². The molecular formula is C6H6N6OS2. The summed E-state index contributed by atoms with van der Waals surface area (Å²) in [6.45, 7) is 0. The van der Waals surface area contributed by atoms with Crippen molar-refractivity contribution in [3.63, 3.8) is 0 Å². The van der Waals surface area contributed by atoms with E-state index in [1.54, 1.807) is 13.2 Å². The first-order chi connectivity index (χ1) is 7.16. The molecule has 0 unspecified atom stereocenters. The highest BCUT2D eigenvalue weighted by molar-refractivity contribution is 8.01. The van der Waals surface area contributed by atoms with Gasteiger partial charge in [-0.15, -0.1) is 16.4 Å². The molecule has 0 atom stereocenters. The van der Waals surface area contributed by atoms with Crippen molar-refractivity contribution in [3.8, 4) is 0 Å². The summed E-state index contributed by atoms with van der Waals surface area (Å²) in [5, 5.41) is 11.9. The molecule has 0 radical (unpaired) electrons. The summed E-state index contributed by atoms with van der Waals surface area (Å²) in [6, 6.07) is 0. The molecule has 2 heterocycles. The predicted octanol–water partition coefficient (Wildman–Crippen LogP) is -0.0833. The summed E-state index contributed by atoms with van der Waals surface area (Å²) in [4.78, 5) is 14.7. The lowest BCUT2D eigenvalue weighted by Gasteiger charge is -1.92. The Kier molecular flexibility index (Phi) is 2.64. The first-order valence-corrected chi connectivity index (χ1v) is 5.46. The fraction of sp³-hybridized carbons (Fsp3) is 0.167. The van der Waals surface area contributed by atoms with Crippen LogP contribution in [-0.4, -0.2) is 31.1 Å². The number of carbonyl (C=O) groups is 1. The molecule has 0 bridgehead atoms. The van der Waals surface area contributed by atoms with Crippen LogP contribution >= 0.6 is 23.1 Å². The molecule has 2 aromatic heterocycles. The second-order valence-corrected chi connectivity index (χ2v) is 4.83. The molecule has 0 aromatic carbocycles. The number of carbonyl (C=O) groups excluding carboxylic acids is 1. The van der Waals surface area contributed by atoms with Gasteiger partial charge in [0.15, 0.2) is 5.01 Å². The monoisotopic (exact) mass is 242 g/mol. The number of thiazole rings is 1. The maximum absolute atomic E-state index is 10.8. The van der Waals surface area contributed by atoms with Crippen molar-refractivity contribution in [2.45, 2.75) is 9.37 Å². The van der Waals surface area contributed by atoms with Crippen LogP contribution in [0.5, 0.6) is 0 Å². The molecule has 78 valence electrons. The number of aryl methyl sites for hydroxylation is 1. The molecule has 1 amide bonds. The van der Waals surface area contributed by atoms with Crippen LogP contribution in [0, 0.1) is 0 Å². The standard InChI is InChI=1S/C6H6N6OS2/c1-12-6(9-10-11-12)15-3-2-8-5(14-3)4(7)13/h2H,1H3,(H2,7,13). The summed E-state index contributed by atoms with van der Waals surface area (Å²) in [6.07, 6.45) is 1.57. The predicted molar refractivity (Wildman–Crippen MR) is 53.6 cm³/mol. The van der Waals surface area contributed by atoms with Crippen molar-refractivity contribution in [2.75, 3.05) is 0 Å². The summed E-state index contributed by atoms with van der Waals surface area (Å²) in [5.74, 6) is -0.525. The zero-order valence-electron chi connectivity index (χ0n) is 7.62. The lowest BCUT2D eigenvalue weighted by atomic mass is 10.7. The normalized spacial score (nSPS) is 10.5. The molecule has 0 aliphatic carbocycles. The highest BCUT2D eigenvalue weighted by Crippen LogP contribution is 2.29. The number of rotatable bonds is 3. The van der Waals surface area contributed by atoms with E-state index in [-0.39, 0.29) is 5.01 Å². The molecule has 0 aliphatic rings. The number of hydrogen-bond acceptors (Lipinski definition) is 7. The Morgan fingerprint density at radius 1 is 1.67 bits per heavy atom. The SMILES string of the molecule is Cn1nnnc1Sc1cnc(C(N)=O)s1. The summed E-state index contributed by atoms with van der Waals surface area (Å²) >= 11 is 2.55. The van der Waals surface area contributed by atoms with E-state index in [0.29, 0.717) is 5.16 Å². The molecule has 9 heteroatoms. The van der Waals surface area contributed by atoms with Crippen molar-refractivity contribution in [1.29, 1.82) is 0 Å². The molecule has 15 heavy (non-hydrogen) atoms. The molecule has 0 fully saturated rings. The fourth-order valence-electron chi connectivity index (χ4n) is 0.818. The van der Waals surface area contributed by atoms with Crippen molar-refractivity contribution >= 4 is 29.0 Å². The Labute approximate surface area is 92.7 Å². The lowest BCUT2D eigenvalue weighted by molar-refractivity contribution is 0.1000. The van der Waals surface area contributed by atoms with Crippen LogP contribution in [-0.2, 0) is 7.05 Å². The largest absolute Gasteiger partial charge is 0.364 e. The number of amides is 1. The first kappa shape index (κ1) is 10.1. The van der Waals surface area contributed by atoms with Gasteiger partial charge in [-0.1, -0.05) is 0 Å². The molecule has 2 N–H and O–H groups in total. The highest BCUT2D eigenvalue weighted by Gasteiger charge is 2.10. The van der Waals surface area contributed by atoms with E-state index < -0.39 is 5.91 Å². The Balaban J connectivity index is 2.18. The van der Waals surface area contributed by atoms with E-state index in [9.17, 15) is 4.79 Å². The van der Waals surface area contributed by atoms with Crippen LogP contribution in [0.2, 0.25) is 0 Å². The number of tetrazole rings is 1. The van der Waals surface area contributed by atoms with Gasteiger partial charge in [0.1, 0.15) is 0 Å². The molecule has 0 saturated carbocycles. The number of primary amides is 1. The lowest BCUT2D eigenvalue weighted by Crippen LogP contribution is -2.09. The van der Waals surface area contributed by atoms with Crippen molar-refractivity contribution < 1.29 is 4.79 Å². The number of nitrogens with zero attached hydrogens (tertiary/aromatic N) is 5. The Hall–Kier alpha value is -1.48. The Bertz CT molecular complexity index is 491. The smallest absolute Gasteiger partial charge is 0.277 e. The van der Waals surface area contributed by atoms with Crippen LogP contribution in [0.15, 0.2) is 15.6 Å². The van der Waals surface area contributed by atoms with Crippen LogP contribution in [0.25, 0.3) is 0 Å². The molecular weight excluding hydrogens is 236 g/mol. The zero-order chi connectivity index (χ0) is 10.8. The number of hydrogen-bond donors (Lipinski definition) is 1. The summed E-state index contributed by atoms with van der Waals surface area (Å²) in [7, 11) is 1.73. The van der Waals surface area contributed by atoms with Gasteiger partial charge in [-0.3, -0.25) is 4.79 Å². The summed E-state index contributed by atoms with van der Waals surface area (Å²) in [5.41, 5.74) is 5.08. The molecule has 7 nitrogen and oxygen atoms in total. The van der Waals surface area contributed by atoms with E-state index >= 15 is 0 Å². The quantitative estimate of drug-likeness (QED) is 0.807. The van der Waals surface area contributed by atoms with E-state index in [0.717, 1.165) is 4.21 Å². The van der Waals surface area contributed by atoms with E-state index in [4.69, 9.17) is 5.73 Å². The van der Waals surface area contributed by atoms with Crippen molar-refractivity contribution in [2.24, 2.45) is 12.8 Å². The maximum Gasteiger partial charge on any atom is 0.277 e. The number of nitrogens with two attached hydrogens (primary N) is 1. The molecule has 2 rings (SSSR count). The van der Waals surface area contributed by atoms with Gasteiger partial charge in [-0.2, -0.15) is 0 Å². The average Bonchev–Trinajstić information content (AvgIpc) is 2.77. The minimum atomic E-state index is -0.525. The van der Waals surface area contributed by atoms with E-state index in [1.165, 1.54) is 27.8 Å². The van der Waals surface area contributed by atoms with E-state index in [2.05, 4.69) is 20.5 Å². The van der Waals surface area contributed by atoms with Crippen molar-refractivity contribution in [1.82, 2.24) is 25.2 Å². The van der Waals surface area contributed by atoms with Crippen LogP contribution < -0.4 is 5.73 Å². The van der Waals surface area contributed by atoms with Gasteiger partial charge in [-0.05, 0) is 22.2 Å². The van der Waals surface area contributed by atoms with Gasteiger partial charge in [-0.25, -0.2) is 9.67 Å². The third-order valence-electron chi connectivity index (χ3n) is 1.47.